The predicted octanol–water partition coefficient (Wildman–Crippen LogP) is 3.42. The summed E-state index contributed by atoms with van der Waals surface area (Å²) in [6.07, 6.45) is 3.40. The van der Waals surface area contributed by atoms with Crippen molar-refractivity contribution in [1.29, 1.82) is 0 Å². The number of halogens is 1. The highest BCUT2D eigenvalue weighted by Gasteiger charge is 2.05. The molecule has 4 heteroatoms. The molecule has 82 valence electrons. The number of hydrogen-bond acceptors (Lipinski definition) is 3. The summed E-state index contributed by atoms with van der Waals surface area (Å²) in [6, 6.07) is 6.92. The zero-order valence-electron chi connectivity index (χ0n) is 8.77. The van der Waals surface area contributed by atoms with Crippen LogP contribution in [0.1, 0.15) is 5.56 Å². The molecule has 3 nitrogen and oxygen atoms in total. The fourth-order valence-corrected chi connectivity index (χ4v) is 1.45. The summed E-state index contributed by atoms with van der Waals surface area (Å²) in [4.78, 5) is 3.99. The third-order valence-electron chi connectivity index (χ3n) is 2.16. The van der Waals surface area contributed by atoms with Gasteiger partial charge in [0.05, 0.1) is 5.69 Å². The molecule has 0 unspecified atom stereocenters. The fraction of sp³-hybridized carbons (Fsp3) is 0.0833. The van der Waals surface area contributed by atoms with Crippen LogP contribution < -0.4 is 10.5 Å². The van der Waals surface area contributed by atoms with E-state index in [0.29, 0.717) is 16.5 Å². The Balaban J connectivity index is 2.34. The molecular weight excluding hydrogens is 224 g/mol. The summed E-state index contributed by atoms with van der Waals surface area (Å²) in [7, 11) is 0. The average Bonchev–Trinajstić information content (AvgIpc) is 2.27. The van der Waals surface area contributed by atoms with E-state index in [0.717, 1.165) is 11.3 Å². The van der Waals surface area contributed by atoms with E-state index in [9.17, 15) is 0 Å². The van der Waals surface area contributed by atoms with Crippen molar-refractivity contribution in [2.75, 3.05) is 5.73 Å². The molecule has 0 atom stereocenters. The first-order valence-corrected chi connectivity index (χ1v) is 5.18. The molecule has 0 aliphatic heterocycles. The van der Waals surface area contributed by atoms with Gasteiger partial charge in [0, 0.05) is 29.0 Å². The Labute approximate surface area is 98.8 Å². The minimum atomic E-state index is 0.556. The van der Waals surface area contributed by atoms with E-state index in [-0.39, 0.29) is 0 Å². The maximum atomic E-state index is 5.87. The van der Waals surface area contributed by atoms with Gasteiger partial charge in [-0.05, 0) is 25.1 Å². The Bertz CT molecular complexity index is 514. The van der Waals surface area contributed by atoms with Crippen LogP contribution in [0.4, 0.5) is 5.69 Å². The number of aryl methyl sites for hydroxylation is 1. The first-order chi connectivity index (χ1) is 7.66. The lowest BCUT2D eigenvalue weighted by Crippen LogP contribution is -1.93. The summed E-state index contributed by atoms with van der Waals surface area (Å²) >= 11 is 5.87. The van der Waals surface area contributed by atoms with E-state index in [1.807, 2.05) is 6.92 Å². The number of rotatable bonds is 2. The lowest BCUT2D eigenvalue weighted by molar-refractivity contribution is 0.480. The third kappa shape index (κ3) is 2.25. The van der Waals surface area contributed by atoms with E-state index in [1.54, 1.807) is 36.7 Å². The Morgan fingerprint density at radius 2 is 2.06 bits per heavy atom. The number of nitrogens with zero attached hydrogens (tertiary/aromatic N) is 1. The van der Waals surface area contributed by atoms with Crippen molar-refractivity contribution in [2.45, 2.75) is 6.92 Å². The van der Waals surface area contributed by atoms with Gasteiger partial charge < -0.3 is 10.5 Å². The van der Waals surface area contributed by atoms with Crippen LogP contribution in [0.2, 0.25) is 5.02 Å². The molecule has 0 amide bonds. The molecule has 1 aromatic carbocycles. The van der Waals surface area contributed by atoms with Crippen LogP contribution in [0.25, 0.3) is 0 Å². The van der Waals surface area contributed by atoms with Crippen LogP contribution in [0.3, 0.4) is 0 Å². The molecule has 0 aliphatic carbocycles. The van der Waals surface area contributed by atoms with Crippen molar-refractivity contribution >= 4 is 17.3 Å². The molecule has 2 rings (SSSR count). The fourth-order valence-electron chi connectivity index (χ4n) is 1.29. The van der Waals surface area contributed by atoms with Crippen molar-refractivity contribution in [1.82, 2.24) is 4.98 Å². The van der Waals surface area contributed by atoms with Crippen molar-refractivity contribution in [3.05, 3.63) is 47.2 Å². The maximum Gasteiger partial charge on any atom is 0.151 e. The lowest BCUT2D eigenvalue weighted by atomic mass is 10.2. The highest BCUT2D eigenvalue weighted by atomic mass is 35.5. The van der Waals surface area contributed by atoms with Gasteiger partial charge in [0.25, 0.3) is 0 Å². The monoisotopic (exact) mass is 234 g/mol. The lowest BCUT2D eigenvalue weighted by Gasteiger charge is -2.10. The van der Waals surface area contributed by atoms with E-state index < -0.39 is 0 Å². The summed E-state index contributed by atoms with van der Waals surface area (Å²) in [5, 5.41) is 0.593. The van der Waals surface area contributed by atoms with Gasteiger partial charge in [-0.2, -0.15) is 0 Å². The van der Waals surface area contributed by atoms with Crippen LogP contribution in [-0.2, 0) is 0 Å². The summed E-state index contributed by atoms with van der Waals surface area (Å²) in [5.41, 5.74) is 7.29. The van der Waals surface area contributed by atoms with Crippen LogP contribution >= 0.6 is 11.6 Å². The number of pyridine rings is 1. The Kier molecular flexibility index (Phi) is 2.97. The molecular formula is C12H11ClN2O. The maximum absolute atomic E-state index is 5.87. The molecule has 2 N–H and O–H groups in total. The van der Waals surface area contributed by atoms with Crippen molar-refractivity contribution in [3.63, 3.8) is 0 Å². The summed E-state index contributed by atoms with van der Waals surface area (Å²) < 4.78 is 5.67. The molecule has 0 saturated carbocycles. The average molecular weight is 235 g/mol. The number of anilines is 1. The minimum absolute atomic E-state index is 0.556. The number of nitrogen functional groups attached to an aromatic ring is 1. The normalized spacial score (nSPS) is 10.1. The number of aromatic nitrogens is 1. The van der Waals surface area contributed by atoms with E-state index in [2.05, 4.69) is 4.98 Å². The second-order valence-corrected chi connectivity index (χ2v) is 3.86. The smallest absolute Gasteiger partial charge is 0.151 e. The zero-order chi connectivity index (χ0) is 11.5. The first-order valence-electron chi connectivity index (χ1n) is 4.80. The number of benzene rings is 1. The Morgan fingerprint density at radius 1 is 1.25 bits per heavy atom. The summed E-state index contributed by atoms with van der Waals surface area (Å²) in [5.74, 6) is 1.28. The molecule has 0 spiro atoms. The topological polar surface area (TPSA) is 48.1 Å². The highest BCUT2D eigenvalue weighted by molar-refractivity contribution is 6.30. The van der Waals surface area contributed by atoms with E-state index in [4.69, 9.17) is 22.1 Å². The van der Waals surface area contributed by atoms with E-state index in [1.165, 1.54) is 0 Å². The summed E-state index contributed by atoms with van der Waals surface area (Å²) in [6.45, 7) is 1.92. The molecule has 1 aromatic heterocycles. The van der Waals surface area contributed by atoms with Crippen molar-refractivity contribution < 1.29 is 4.74 Å². The van der Waals surface area contributed by atoms with Gasteiger partial charge in [0.15, 0.2) is 5.75 Å². The van der Waals surface area contributed by atoms with Crippen LogP contribution in [0.5, 0.6) is 11.5 Å². The SMILES string of the molecule is Cc1cnccc1Oc1cc(Cl)ccc1N. The van der Waals surface area contributed by atoms with Gasteiger partial charge in [0.1, 0.15) is 5.75 Å². The van der Waals surface area contributed by atoms with Gasteiger partial charge >= 0.3 is 0 Å². The molecule has 0 saturated heterocycles. The van der Waals surface area contributed by atoms with Gasteiger partial charge in [-0.3, -0.25) is 4.98 Å². The highest BCUT2D eigenvalue weighted by Crippen LogP contribution is 2.31. The first kappa shape index (κ1) is 10.8. The quantitative estimate of drug-likeness (QED) is 0.810. The van der Waals surface area contributed by atoms with Gasteiger partial charge in [-0.1, -0.05) is 11.6 Å². The zero-order valence-corrected chi connectivity index (χ0v) is 9.53. The molecule has 1 heterocycles. The number of ether oxygens (including phenoxy) is 1. The van der Waals surface area contributed by atoms with Crippen LogP contribution in [0.15, 0.2) is 36.7 Å². The Morgan fingerprint density at radius 3 is 2.81 bits per heavy atom. The predicted molar refractivity (Wildman–Crippen MR) is 64.9 cm³/mol. The third-order valence-corrected chi connectivity index (χ3v) is 2.40. The Hall–Kier alpha value is -1.74. The molecule has 16 heavy (non-hydrogen) atoms. The minimum Gasteiger partial charge on any atom is -0.455 e. The molecule has 0 fully saturated rings. The second-order valence-electron chi connectivity index (χ2n) is 3.43. The second kappa shape index (κ2) is 4.41. The van der Waals surface area contributed by atoms with Crippen LogP contribution in [0, 0.1) is 6.92 Å². The molecule has 2 aromatic rings. The molecule has 0 aliphatic rings. The van der Waals surface area contributed by atoms with E-state index >= 15 is 0 Å². The number of hydrogen-bond donors (Lipinski definition) is 1. The van der Waals surface area contributed by atoms with Crippen molar-refractivity contribution in [3.8, 4) is 11.5 Å². The van der Waals surface area contributed by atoms with Gasteiger partial charge in [-0.25, -0.2) is 0 Å². The number of nitrogens with two attached hydrogens (primary N) is 1. The van der Waals surface area contributed by atoms with Crippen molar-refractivity contribution in [2.24, 2.45) is 0 Å². The van der Waals surface area contributed by atoms with Crippen LogP contribution in [-0.4, -0.2) is 4.98 Å². The molecule has 0 bridgehead atoms. The molecule has 0 radical (unpaired) electrons. The van der Waals surface area contributed by atoms with Gasteiger partial charge in [0.2, 0.25) is 0 Å². The van der Waals surface area contributed by atoms with Gasteiger partial charge in [-0.15, -0.1) is 0 Å². The standard InChI is InChI=1S/C12H11ClN2O/c1-8-7-15-5-4-11(8)16-12-6-9(13)2-3-10(12)14/h2-7H,14H2,1H3. The largest absolute Gasteiger partial charge is 0.455 e.